The molecule has 0 aliphatic carbocycles. The minimum absolute atomic E-state index is 0.0944. The van der Waals surface area contributed by atoms with Crippen LogP contribution in [0.4, 0.5) is 4.39 Å². The van der Waals surface area contributed by atoms with Gasteiger partial charge in [0.05, 0.1) is 0 Å². The third-order valence-electron chi connectivity index (χ3n) is 4.68. The molecule has 25 heavy (non-hydrogen) atoms. The molecule has 0 N–H and O–H groups in total. The highest BCUT2D eigenvalue weighted by atomic mass is 35.5. The second-order valence-electron chi connectivity index (χ2n) is 6.62. The number of halogens is 2. The molecule has 0 aromatic heterocycles. The van der Waals surface area contributed by atoms with E-state index >= 15 is 0 Å². The first kappa shape index (κ1) is 17.9. The normalized spacial score (nSPS) is 15.4. The van der Waals surface area contributed by atoms with Gasteiger partial charge in [0.1, 0.15) is 5.82 Å². The molecule has 5 heteroatoms. The van der Waals surface area contributed by atoms with Gasteiger partial charge in [-0.25, -0.2) is 4.39 Å². The van der Waals surface area contributed by atoms with Crippen LogP contribution in [0.1, 0.15) is 27.0 Å². The number of aryl methyl sites for hydroxylation is 2. The summed E-state index contributed by atoms with van der Waals surface area (Å²) >= 11 is 6.11. The largest absolute Gasteiger partial charge is 0.336 e. The summed E-state index contributed by atoms with van der Waals surface area (Å²) in [5.74, 6) is -0.227. The topological polar surface area (TPSA) is 23.6 Å². The summed E-state index contributed by atoms with van der Waals surface area (Å²) in [4.78, 5) is 16.9. The standard InChI is InChI=1S/C20H22ClFN2O/c1-14-3-6-18(15(2)11-14)20(25)24-9-7-23(8-10-24)13-16-4-5-17(22)12-19(16)21/h3-6,11-12H,7-10,13H2,1-2H3. The van der Waals surface area contributed by atoms with Crippen molar-refractivity contribution in [1.82, 2.24) is 9.80 Å². The molecule has 1 heterocycles. The molecule has 0 radical (unpaired) electrons. The predicted molar refractivity (Wildman–Crippen MR) is 98.5 cm³/mol. The van der Waals surface area contributed by atoms with Gasteiger partial charge in [-0.15, -0.1) is 0 Å². The van der Waals surface area contributed by atoms with Crippen LogP contribution in [0.2, 0.25) is 5.02 Å². The van der Waals surface area contributed by atoms with E-state index in [9.17, 15) is 9.18 Å². The molecule has 1 saturated heterocycles. The molecule has 3 rings (SSSR count). The van der Waals surface area contributed by atoms with Gasteiger partial charge in [-0.3, -0.25) is 9.69 Å². The quantitative estimate of drug-likeness (QED) is 0.824. The Balaban J connectivity index is 1.60. The fraction of sp³-hybridized carbons (Fsp3) is 0.350. The van der Waals surface area contributed by atoms with Crippen molar-refractivity contribution >= 4 is 17.5 Å². The lowest BCUT2D eigenvalue weighted by Crippen LogP contribution is -2.48. The maximum absolute atomic E-state index is 13.1. The van der Waals surface area contributed by atoms with Gasteiger partial charge in [0, 0.05) is 43.3 Å². The van der Waals surface area contributed by atoms with Gasteiger partial charge in [0.25, 0.3) is 5.91 Å². The van der Waals surface area contributed by atoms with E-state index < -0.39 is 0 Å². The Labute approximate surface area is 153 Å². The molecule has 2 aromatic rings. The first-order chi connectivity index (χ1) is 11.9. The van der Waals surface area contributed by atoms with Gasteiger partial charge in [-0.2, -0.15) is 0 Å². The van der Waals surface area contributed by atoms with E-state index in [2.05, 4.69) is 4.90 Å². The van der Waals surface area contributed by atoms with E-state index in [1.165, 1.54) is 12.1 Å². The lowest BCUT2D eigenvalue weighted by Gasteiger charge is -2.35. The fourth-order valence-electron chi connectivity index (χ4n) is 3.22. The van der Waals surface area contributed by atoms with Crippen molar-refractivity contribution in [3.8, 4) is 0 Å². The van der Waals surface area contributed by atoms with Gasteiger partial charge < -0.3 is 4.90 Å². The lowest BCUT2D eigenvalue weighted by atomic mass is 10.0. The van der Waals surface area contributed by atoms with Crippen molar-refractivity contribution in [1.29, 1.82) is 0 Å². The number of carbonyl (C=O) groups excluding carboxylic acids is 1. The van der Waals surface area contributed by atoms with E-state index in [4.69, 9.17) is 11.6 Å². The van der Waals surface area contributed by atoms with E-state index in [-0.39, 0.29) is 11.7 Å². The number of amides is 1. The van der Waals surface area contributed by atoms with Crippen LogP contribution in [0, 0.1) is 19.7 Å². The Morgan fingerprint density at radius 2 is 1.80 bits per heavy atom. The highest BCUT2D eigenvalue weighted by molar-refractivity contribution is 6.31. The molecular formula is C20H22ClFN2O. The number of carbonyl (C=O) groups is 1. The number of benzene rings is 2. The third kappa shape index (κ3) is 4.20. The summed E-state index contributed by atoms with van der Waals surface area (Å²) in [6, 6.07) is 10.4. The van der Waals surface area contributed by atoms with E-state index in [0.717, 1.165) is 35.3 Å². The lowest BCUT2D eigenvalue weighted by molar-refractivity contribution is 0.0627. The number of hydrogen-bond acceptors (Lipinski definition) is 2. The molecule has 1 fully saturated rings. The van der Waals surface area contributed by atoms with E-state index in [0.29, 0.717) is 24.7 Å². The minimum Gasteiger partial charge on any atom is -0.336 e. The SMILES string of the molecule is Cc1ccc(C(=O)N2CCN(Cc3ccc(F)cc3Cl)CC2)c(C)c1. The summed E-state index contributed by atoms with van der Waals surface area (Å²) in [6.45, 7) is 7.61. The average Bonchev–Trinajstić information content (AvgIpc) is 2.57. The number of rotatable bonds is 3. The summed E-state index contributed by atoms with van der Waals surface area (Å²) in [7, 11) is 0. The van der Waals surface area contributed by atoms with E-state index in [1.807, 2.05) is 36.9 Å². The van der Waals surface area contributed by atoms with Gasteiger partial charge in [0.2, 0.25) is 0 Å². The first-order valence-corrected chi connectivity index (χ1v) is 8.84. The molecule has 3 nitrogen and oxygen atoms in total. The molecule has 0 spiro atoms. The average molecular weight is 361 g/mol. The summed E-state index contributed by atoms with van der Waals surface area (Å²) < 4.78 is 13.1. The fourth-order valence-corrected chi connectivity index (χ4v) is 3.45. The Bertz CT molecular complexity index is 785. The Kier molecular flexibility index (Phi) is 5.40. The molecule has 2 aromatic carbocycles. The van der Waals surface area contributed by atoms with Crippen molar-refractivity contribution in [2.45, 2.75) is 20.4 Å². The number of hydrogen-bond donors (Lipinski definition) is 0. The molecule has 0 saturated carbocycles. The van der Waals surface area contributed by atoms with Crippen molar-refractivity contribution in [3.05, 3.63) is 69.5 Å². The van der Waals surface area contributed by atoms with Crippen LogP contribution in [0.3, 0.4) is 0 Å². The molecule has 132 valence electrons. The Morgan fingerprint density at radius 1 is 1.08 bits per heavy atom. The minimum atomic E-state index is -0.322. The van der Waals surface area contributed by atoms with Gasteiger partial charge in [0.15, 0.2) is 0 Å². The molecule has 0 atom stereocenters. The second-order valence-corrected chi connectivity index (χ2v) is 7.03. The van der Waals surface area contributed by atoms with Gasteiger partial charge in [-0.1, -0.05) is 35.4 Å². The van der Waals surface area contributed by atoms with Crippen molar-refractivity contribution in [3.63, 3.8) is 0 Å². The van der Waals surface area contributed by atoms with Crippen LogP contribution < -0.4 is 0 Å². The highest BCUT2D eigenvalue weighted by Crippen LogP contribution is 2.20. The second kappa shape index (κ2) is 7.54. The maximum atomic E-state index is 13.1. The molecular weight excluding hydrogens is 339 g/mol. The predicted octanol–water partition coefficient (Wildman–Crippen LogP) is 4.05. The number of piperazine rings is 1. The van der Waals surface area contributed by atoms with Gasteiger partial charge >= 0.3 is 0 Å². The monoisotopic (exact) mass is 360 g/mol. The van der Waals surface area contributed by atoms with Gasteiger partial charge in [-0.05, 0) is 43.2 Å². The first-order valence-electron chi connectivity index (χ1n) is 8.47. The van der Waals surface area contributed by atoms with Crippen LogP contribution in [0.5, 0.6) is 0 Å². The molecule has 1 aliphatic rings. The van der Waals surface area contributed by atoms with E-state index in [1.54, 1.807) is 6.07 Å². The van der Waals surface area contributed by atoms with Crippen LogP contribution in [0.15, 0.2) is 36.4 Å². The summed E-state index contributed by atoms with van der Waals surface area (Å²) in [5, 5.41) is 0.453. The van der Waals surface area contributed by atoms with Crippen LogP contribution in [-0.2, 0) is 6.54 Å². The van der Waals surface area contributed by atoms with Crippen molar-refractivity contribution in [2.24, 2.45) is 0 Å². The molecule has 0 bridgehead atoms. The van der Waals surface area contributed by atoms with Crippen LogP contribution in [0.25, 0.3) is 0 Å². The van der Waals surface area contributed by atoms with Crippen LogP contribution in [-0.4, -0.2) is 41.9 Å². The zero-order valence-electron chi connectivity index (χ0n) is 14.6. The molecule has 1 aliphatic heterocycles. The third-order valence-corrected chi connectivity index (χ3v) is 5.03. The van der Waals surface area contributed by atoms with Crippen molar-refractivity contribution < 1.29 is 9.18 Å². The molecule has 0 unspecified atom stereocenters. The molecule has 1 amide bonds. The highest BCUT2D eigenvalue weighted by Gasteiger charge is 2.23. The number of nitrogens with zero attached hydrogens (tertiary/aromatic N) is 2. The Hall–Kier alpha value is -1.91. The summed E-state index contributed by atoms with van der Waals surface area (Å²) in [5.41, 5.74) is 3.87. The zero-order valence-corrected chi connectivity index (χ0v) is 15.3. The smallest absolute Gasteiger partial charge is 0.254 e. The Morgan fingerprint density at radius 3 is 2.44 bits per heavy atom. The van der Waals surface area contributed by atoms with Crippen molar-refractivity contribution in [2.75, 3.05) is 26.2 Å². The summed E-state index contributed by atoms with van der Waals surface area (Å²) in [6.07, 6.45) is 0. The maximum Gasteiger partial charge on any atom is 0.254 e. The van der Waals surface area contributed by atoms with Crippen LogP contribution >= 0.6 is 11.6 Å². The zero-order chi connectivity index (χ0) is 18.0.